The Bertz CT molecular complexity index is 546. The molecular formula is C18H27NO4S. The summed E-state index contributed by atoms with van der Waals surface area (Å²) >= 11 is 1.51. The molecule has 0 aromatic carbocycles. The van der Waals surface area contributed by atoms with Crippen LogP contribution in [0.4, 0.5) is 0 Å². The van der Waals surface area contributed by atoms with E-state index < -0.39 is 23.4 Å². The van der Waals surface area contributed by atoms with Crippen LogP contribution >= 0.6 is 11.3 Å². The fraction of sp³-hybridized carbons (Fsp3) is 0.611. The van der Waals surface area contributed by atoms with Crippen molar-refractivity contribution in [1.29, 1.82) is 0 Å². The fourth-order valence-corrected chi connectivity index (χ4v) is 2.92. The summed E-state index contributed by atoms with van der Waals surface area (Å²) in [6.07, 6.45) is 7.52. The quantitative estimate of drug-likeness (QED) is 0.666. The maximum Gasteiger partial charge on any atom is 0.309 e. The Hall–Kier alpha value is -1.69. The SMILES string of the molecule is CCC[C@H](C[C@H](C/C=C/c1nccs1)C(=O)OC(C)(C)C)C(=O)O. The molecule has 0 saturated carbocycles. The van der Waals surface area contributed by atoms with Gasteiger partial charge in [-0.1, -0.05) is 19.4 Å². The van der Waals surface area contributed by atoms with Gasteiger partial charge in [0.05, 0.1) is 11.8 Å². The number of esters is 1. The van der Waals surface area contributed by atoms with Crippen LogP contribution in [-0.2, 0) is 14.3 Å². The third kappa shape index (κ3) is 7.73. The van der Waals surface area contributed by atoms with Crippen LogP contribution in [0.15, 0.2) is 17.7 Å². The zero-order valence-electron chi connectivity index (χ0n) is 14.8. The van der Waals surface area contributed by atoms with Crippen LogP contribution < -0.4 is 0 Å². The predicted octanol–water partition coefficient (Wildman–Crippen LogP) is 4.40. The third-order valence-corrected chi connectivity index (χ3v) is 4.17. The summed E-state index contributed by atoms with van der Waals surface area (Å²) < 4.78 is 5.47. The van der Waals surface area contributed by atoms with Crippen LogP contribution in [0.1, 0.15) is 58.4 Å². The van der Waals surface area contributed by atoms with Crippen molar-refractivity contribution in [2.75, 3.05) is 0 Å². The molecule has 2 atom stereocenters. The van der Waals surface area contributed by atoms with Crippen LogP contribution in [0.2, 0.25) is 0 Å². The molecule has 0 aliphatic heterocycles. The molecule has 0 aliphatic carbocycles. The molecule has 1 aromatic rings. The fourth-order valence-electron chi connectivity index (χ4n) is 2.36. The number of carbonyl (C=O) groups is 2. The van der Waals surface area contributed by atoms with Crippen molar-refractivity contribution >= 4 is 29.4 Å². The highest BCUT2D eigenvalue weighted by Gasteiger charge is 2.29. The zero-order valence-corrected chi connectivity index (χ0v) is 15.6. The Morgan fingerprint density at radius 3 is 2.58 bits per heavy atom. The molecule has 24 heavy (non-hydrogen) atoms. The normalized spacial score (nSPS) is 14.5. The van der Waals surface area contributed by atoms with E-state index in [-0.39, 0.29) is 5.97 Å². The highest BCUT2D eigenvalue weighted by atomic mass is 32.1. The summed E-state index contributed by atoms with van der Waals surface area (Å²) in [6.45, 7) is 7.39. The summed E-state index contributed by atoms with van der Waals surface area (Å²) in [4.78, 5) is 28.0. The van der Waals surface area contributed by atoms with Gasteiger partial charge in [0.15, 0.2) is 0 Å². The number of rotatable bonds is 9. The second-order valence-corrected chi connectivity index (χ2v) is 7.72. The van der Waals surface area contributed by atoms with Gasteiger partial charge in [0.25, 0.3) is 0 Å². The van der Waals surface area contributed by atoms with Crippen molar-refractivity contribution < 1.29 is 19.4 Å². The molecule has 0 fully saturated rings. The topological polar surface area (TPSA) is 76.5 Å². The number of hydrogen-bond acceptors (Lipinski definition) is 5. The van der Waals surface area contributed by atoms with E-state index in [4.69, 9.17) is 4.74 Å². The average molecular weight is 353 g/mol. The average Bonchev–Trinajstić information content (AvgIpc) is 2.96. The Balaban J connectivity index is 2.80. The van der Waals surface area contributed by atoms with E-state index in [2.05, 4.69) is 4.98 Å². The molecule has 0 spiro atoms. The first-order chi connectivity index (χ1) is 11.2. The molecule has 0 unspecified atom stereocenters. The Kier molecular flexibility index (Phi) is 8.11. The van der Waals surface area contributed by atoms with Gasteiger partial charge >= 0.3 is 11.9 Å². The zero-order chi connectivity index (χ0) is 18.2. The second kappa shape index (κ2) is 9.57. The Morgan fingerprint density at radius 1 is 1.38 bits per heavy atom. The minimum atomic E-state index is -0.852. The number of carboxylic acid groups (broad SMARTS) is 1. The van der Waals surface area contributed by atoms with Gasteiger partial charge in [0, 0.05) is 11.6 Å². The van der Waals surface area contributed by atoms with E-state index in [9.17, 15) is 14.7 Å². The van der Waals surface area contributed by atoms with Gasteiger partial charge < -0.3 is 9.84 Å². The smallest absolute Gasteiger partial charge is 0.309 e. The predicted molar refractivity (Wildman–Crippen MR) is 95.8 cm³/mol. The highest BCUT2D eigenvalue weighted by molar-refractivity contribution is 7.10. The number of aliphatic carboxylic acids is 1. The van der Waals surface area contributed by atoms with Crippen molar-refractivity contribution in [3.63, 3.8) is 0 Å². The van der Waals surface area contributed by atoms with Gasteiger partial charge in [0.1, 0.15) is 10.6 Å². The van der Waals surface area contributed by atoms with Crippen LogP contribution in [0.25, 0.3) is 6.08 Å². The number of ether oxygens (including phenoxy) is 1. The van der Waals surface area contributed by atoms with Crippen LogP contribution in [-0.4, -0.2) is 27.6 Å². The summed E-state index contributed by atoms with van der Waals surface area (Å²) in [7, 11) is 0. The van der Waals surface area contributed by atoms with E-state index in [1.807, 2.05) is 45.2 Å². The first-order valence-corrected chi connectivity index (χ1v) is 9.12. The summed E-state index contributed by atoms with van der Waals surface area (Å²) in [6, 6.07) is 0. The van der Waals surface area contributed by atoms with Gasteiger partial charge in [-0.25, -0.2) is 4.98 Å². The molecule has 0 saturated heterocycles. The number of carboxylic acids is 1. The van der Waals surface area contributed by atoms with Gasteiger partial charge in [-0.3, -0.25) is 9.59 Å². The van der Waals surface area contributed by atoms with Crippen LogP contribution in [0.3, 0.4) is 0 Å². The minimum Gasteiger partial charge on any atom is -0.481 e. The molecule has 1 heterocycles. The maximum absolute atomic E-state index is 12.5. The second-order valence-electron chi connectivity index (χ2n) is 6.80. The van der Waals surface area contributed by atoms with Gasteiger partial charge in [-0.05, 0) is 46.1 Å². The lowest BCUT2D eigenvalue weighted by Gasteiger charge is -2.25. The molecule has 1 N–H and O–H groups in total. The van der Waals surface area contributed by atoms with E-state index in [0.717, 1.165) is 11.4 Å². The molecule has 0 radical (unpaired) electrons. The number of carbonyl (C=O) groups excluding carboxylic acids is 1. The molecule has 0 amide bonds. The third-order valence-electron chi connectivity index (χ3n) is 3.43. The van der Waals surface area contributed by atoms with Crippen LogP contribution in [0, 0.1) is 11.8 Å². The lowest BCUT2D eigenvalue weighted by molar-refractivity contribution is -0.161. The van der Waals surface area contributed by atoms with Crippen molar-refractivity contribution in [3.8, 4) is 0 Å². The summed E-state index contributed by atoms with van der Waals surface area (Å²) in [5, 5.41) is 12.1. The standard InChI is InChI=1S/C18H27NO4S/c1-5-7-13(16(20)21)12-14(17(22)23-18(2,3)4)8-6-9-15-19-10-11-24-15/h6,9-11,13-14H,5,7-8,12H2,1-4H3,(H,20,21)/b9-6+/t13-,14+/m1/s1. The largest absolute Gasteiger partial charge is 0.481 e. The first kappa shape index (κ1) is 20.4. The monoisotopic (exact) mass is 353 g/mol. The van der Waals surface area contributed by atoms with E-state index >= 15 is 0 Å². The van der Waals surface area contributed by atoms with E-state index in [1.165, 1.54) is 11.3 Å². The van der Waals surface area contributed by atoms with E-state index in [0.29, 0.717) is 19.3 Å². The Morgan fingerprint density at radius 2 is 2.08 bits per heavy atom. The number of allylic oxidation sites excluding steroid dienone is 1. The van der Waals surface area contributed by atoms with Gasteiger partial charge in [0.2, 0.25) is 0 Å². The van der Waals surface area contributed by atoms with E-state index in [1.54, 1.807) is 6.20 Å². The first-order valence-electron chi connectivity index (χ1n) is 8.24. The number of nitrogens with zero attached hydrogens (tertiary/aromatic N) is 1. The molecule has 5 nitrogen and oxygen atoms in total. The number of aromatic nitrogens is 1. The van der Waals surface area contributed by atoms with Crippen molar-refractivity contribution in [3.05, 3.63) is 22.7 Å². The van der Waals surface area contributed by atoms with Crippen molar-refractivity contribution in [2.45, 2.75) is 59.0 Å². The maximum atomic E-state index is 12.5. The number of thiazole rings is 1. The molecular weight excluding hydrogens is 326 g/mol. The lowest BCUT2D eigenvalue weighted by Crippen LogP contribution is -2.31. The van der Waals surface area contributed by atoms with Crippen molar-refractivity contribution in [1.82, 2.24) is 4.98 Å². The molecule has 134 valence electrons. The van der Waals surface area contributed by atoms with Gasteiger partial charge in [-0.15, -0.1) is 11.3 Å². The lowest BCUT2D eigenvalue weighted by atomic mass is 9.89. The molecule has 0 bridgehead atoms. The van der Waals surface area contributed by atoms with Crippen molar-refractivity contribution in [2.24, 2.45) is 11.8 Å². The Labute approximate surface area is 147 Å². The highest BCUT2D eigenvalue weighted by Crippen LogP contribution is 2.25. The molecule has 6 heteroatoms. The van der Waals surface area contributed by atoms with Crippen LogP contribution in [0.5, 0.6) is 0 Å². The summed E-state index contributed by atoms with van der Waals surface area (Å²) in [5.74, 6) is -2.18. The minimum absolute atomic E-state index is 0.292. The molecule has 1 rings (SSSR count). The van der Waals surface area contributed by atoms with Gasteiger partial charge in [-0.2, -0.15) is 0 Å². The molecule has 1 aromatic heterocycles. The molecule has 0 aliphatic rings. The summed E-state index contributed by atoms with van der Waals surface area (Å²) in [5.41, 5.74) is -0.585. The number of hydrogen-bond donors (Lipinski definition) is 1.